The first-order valence-corrected chi connectivity index (χ1v) is 5.90. The van der Waals surface area contributed by atoms with Crippen molar-refractivity contribution in [2.45, 2.75) is 0 Å². The molecular formula is C12H11N3OS. The third kappa shape index (κ3) is 3.44. The van der Waals surface area contributed by atoms with Crippen molar-refractivity contribution in [1.29, 1.82) is 5.26 Å². The van der Waals surface area contributed by atoms with E-state index in [2.05, 4.69) is 16.2 Å². The Morgan fingerprint density at radius 3 is 2.88 bits per heavy atom. The van der Waals surface area contributed by atoms with Crippen LogP contribution in [0.3, 0.4) is 0 Å². The fourth-order valence-corrected chi connectivity index (χ4v) is 1.51. The summed E-state index contributed by atoms with van der Waals surface area (Å²) in [5.41, 5.74) is 1.30. The predicted molar refractivity (Wildman–Crippen MR) is 70.3 cm³/mol. The Morgan fingerprint density at radius 1 is 1.59 bits per heavy atom. The highest BCUT2D eigenvalue weighted by Crippen LogP contribution is 2.24. The Kier molecular flexibility index (Phi) is 4.93. The average molecular weight is 245 g/mol. The molecule has 0 bridgehead atoms. The number of terminal acetylenes is 1. The van der Waals surface area contributed by atoms with Crippen LogP contribution in [0, 0.1) is 23.8 Å². The van der Waals surface area contributed by atoms with Crippen molar-refractivity contribution in [2.75, 3.05) is 13.4 Å². The molecule has 0 aliphatic rings. The molecule has 0 aliphatic heterocycles. The molecule has 0 aromatic heterocycles. The van der Waals surface area contributed by atoms with E-state index in [-0.39, 0.29) is 0 Å². The van der Waals surface area contributed by atoms with Crippen molar-refractivity contribution in [3.8, 4) is 24.3 Å². The SMILES string of the molecule is C#Cc1cc(N=C(NC#N)SC)ccc1OC. The van der Waals surface area contributed by atoms with Crippen LogP contribution in [0.4, 0.5) is 5.69 Å². The number of aliphatic imine (C=N–C) groups is 1. The van der Waals surface area contributed by atoms with Gasteiger partial charge in [-0.3, -0.25) is 5.32 Å². The number of ether oxygens (including phenoxy) is 1. The van der Waals surface area contributed by atoms with Gasteiger partial charge in [0.25, 0.3) is 0 Å². The zero-order chi connectivity index (χ0) is 12.7. The van der Waals surface area contributed by atoms with E-state index in [0.29, 0.717) is 22.2 Å². The van der Waals surface area contributed by atoms with Crippen LogP contribution in [0.1, 0.15) is 5.56 Å². The number of thioether (sulfide) groups is 1. The number of nitrogens with one attached hydrogen (secondary N) is 1. The van der Waals surface area contributed by atoms with E-state index in [0.717, 1.165) is 0 Å². The first-order chi connectivity index (χ1) is 8.24. The maximum Gasteiger partial charge on any atom is 0.183 e. The van der Waals surface area contributed by atoms with Gasteiger partial charge in [-0.15, -0.1) is 6.42 Å². The molecule has 1 N–H and O–H groups in total. The summed E-state index contributed by atoms with van der Waals surface area (Å²) < 4.78 is 5.11. The lowest BCUT2D eigenvalue weighted by atomic mass is 10.2. The van der Waals surface area contributed by atoms with Crippen LogP contribution in [-0.4, -0.2) is 18.5 Å². The third-order valence-corrected chi connectivity index (χ3v) is 2.51. The minimum absolute atomic E-state index is 0.514. The summed E-state index contributed by atoms with van der Waals surface area (Å²) in [6.45, 7) is 0. The molecule has 0 atom stereocenters. The standard InChI is InChI=1S/C12H11N3OS/c1-4-9-7-10(5-6-11(9)16-2)15-12(17-3)14-8-13/h1,5-7H,2-3H3,(H,14,15). The number of methoxy groups -OCH3 is 1. The molecule has 0 saturated heterocycles. The maximum atomic E-state index is 8.52. The molecule has 4 nitrogen and oxygen atoms in total. The highest BCUT2D eigenvalue weighted by Gasteiger charge is 2.02. The Morgan fingerprint density at radius 2 is 2.35 bits per heavy atom. The van der Waals surface area contributed by atoms with Gasteiger partial charge in [0, 0.05) is 0 Å². The second-order valence-corrected chi connectivity index (χ2v) is 3.68. The van der Waals surface area contributed by atoms with E-state index in [1.807, 2.05) is 12.4 Å². The van der Waals surface area contributed by atoms with E-state index in [1.54, 1.807) is 25.3 Å². The first kappa shape index (κ1) is 13.0. The van der Waals surface area contributed by atoms with Crippen molar-refractivity contribution < 1.29 is 4.74 Å². The Hall–Kier alpha value is -2.11. The van der Waals surface area contributed by atoms with Crippen molar-refractivity contribution in [1.82, 2.24) is 5.32 Å². The number of benzene rings is 1. The summed E-state index contributed by atoms with van der Waals surface area (Å²) >= 11 is 1.35. The molecule has 1 aromatic carbocycles. The van der Waals surface area contributed by atoms with Crippen LogP contribution in [-0.2, 0) is 0 Å². The van der Waals surface area contributed by atoms with E-state index in [9.17, 15) is 0 Å². The highest BCUT2D eigenvalue weighted by atomic mass is 32.2. The number of hydrogen-bond donors (Lipinski definition) is 1. The Balaban J connectivity index is 3.09. The van der Waals surface area contributed by atoms with Gasteiger partial charge in [0.05, 0.1) is 18.4 Å². The molecule has 0 heterocycles. The average Bonchev–Trinajstić information content (AvgIpc) is 2.38. The molecule has 0 saturated carbocycles. The minimum Gasteiger partial charge on any atom is -0.495 e. The topological polar surface area (TPSA) is 57.4 Å². The molecule has 0 spiro atoms. The zero-order valence-electron chi connectivity index (χ0n) is 9.52. The zero-order valence-corrected chi connectivity index (χ0v) is 10.3. The molecular weight excluding hydrogens is 234 g/mol. The van der Waals surface area contributed by atoms with Crippen LogP contribution >= 0.6 is 11.8 Å². The maximum absolute atomic E-state index is 8.52. The quantitative estimate of drug-likeness (QED) is 0.285. The second-order valence-electron chi connectivity index (χ2n) is 2.89. The largest absolute Gasteiger partial charge is 0.495 e. The summed E-state index contributed by atoms with van der Waals surface area (Å²) in [4.78, 5) is 4.25. The molecule has 0 radical (unpaired) electrons. The molecule has 0 unspecified atom stereocenters. The third-order valence-electron chi connectivity index (χ3n) is 1.93. The molecule has 0 aliphatic carbocycles. The van der Waals surface area contributed by atoms with Gasteiger partial charge >= 0.3 is 0 Å². The second kappa shape index (κ2) is 6.47. The Labute approximate surface area is 105 Å². The smallest absolute Gasteiger partial charge is 0.183 e. The summed E-state index contributed by atoms with van der Waals surface area (Å²) in [6.07, 6.45) is 9.02. The molecule has 0 amide bonds. The van der Waals surface area contributed by atoms with Gasteiger partial charge in [-0.05, 0) is 24.5 Å². The molecule has 86 valence electrons. The summed E-state index contributed by atoms with van der Waals surface area (Å²) in [5.74, 6) is 3.15. The molecule has 1 rings (SSSR count). The van der Waals surface area contributed by atoms with Gasteiger partial charge in [-0.25, -0.2) is 4.99 Å². The van der Waals surface area contributed by atoms with E-state index >= 15 is 0 Å². The number of nitrogens with zero attached hydrogens (tertiary/aromatic N) is 2. The minimum atomic E-state index is 0.514. The van der Waals surface area contributed by atoms with Gasteiger partial charge in [0.15, 0.2) is 11.4 Å². The number of hydrogen-bond acceptors (Lipinski definition) is 4. The van der Waals surface area contributed by atoms with Gasteiger partial charge < -0.3 is 4.74 Å². The van der Waals surface area contributed by atoms with Crippen LogP contribution in [0.15, 0.2) is 23.2 Å². The lowest BCUT2D eigenvalue weighted by Gasteiger charge is -2.04. The van der Waals surface area contributed by atoms with Crippen LogP contribution < -0.4 is 10.1 Å². The van der Waals surface area contributed by atoms with Crippen molar-refractivity contribution in [3.63, 3.8) is 0 Å². The van der Waals surface area contributed by atoms with E-state index in [1.165, 1.54) is 11.8 Å². The van der Waals surface area contributed by atoms with Gasteiger partial charge in [-0.1, -0.05) is 17.7 Å². The molecule has 0 fully saturated rings. The number of amidine groups is 1. The number of nitriles is 1. The molecule has 1 aromatic rings. The van der Waals surface area contributed by atoms with Crippen LogP contribution in [0.5, 0.6) is 5.75 Å². The van der Waals surface area contributed by atoms with Gasteiger partial charge in [-0.2, -0.15) is 5.26 Å². The fraction of sp³-hybridized carbons (Fsp3) is 0.167. The lowest BCUT2D eigenvalue weighted by Crippen LogP contribution is -2.12. The van der Waals surface area contributed by atoms with Gasteiger partial charge in [0.1, 0.15) is 5.75 Å². The highest BCUT2D eigenvalue weighted by molar-refractivity contribution is 8.13. The van der Waals surface area contributed by atoms with E-state index in [4.69, 9.17) is 16.4 Å². The van der Waals surface area contributed by atoms with Crippen molar-refractivity contribution >= 4 is 22.6 Å². The Bertz CT molecular complexity index is 511. The van der Waals surface area contributed by atoms with Crippen molar-refractivity contribution in [2.24, 2.45) is 4.99 Å². The van der Waals surface area contributed by atoms with Crippen LogP contribution in [0.2, 0.25) is 0 Å². The first-order valence-electron chi connectivity index (χ1n) is 4.67. The monoisotopic (exact) mass is 245 g/mol. The van der Waals surface area contributed by atoms with Crippen molar-refractivity contribution in [3.05, 3.63) is 23.8 Å². The van der Waals surface area contributed by atoms with Gasteiger partial charge in [0.2, 0.25) is 0 Å². The molecule has 17 heavy (non-hydrogen) atoms. The predicted octanol–water partition coefficient (Wildman–Crippen LogP) is 2.10. The summed E-state index contributed by atoms with van der Waals surface area (Å²) in [6, 6.07) is 5.25. The van der Waals surface area contributed by atoms with E-state index < -0.39 is 0 Å². The lowest BCUT2D eigenvalue weighted by molar-refractivity contribution is 0.413. The molecule has 5 heteroatoms. The normalized spacial score (nSPS) is 10.2. The van der Waals surface area contributed by atoms with Crippen LogP contribution in [0.25, 0.3) is 0 Å². The summed E-state index contributed by atoms with van der Waals surface area (Å²) in [7, 11) is 1.56. The number of rotatable bonds is 2. The fourth-order valence-electron chi connectivity index (χ4n) is 1.17. The summed E-state index contributed by atoms with van der Waals surface area (Å²) in [5, 5.41) is 11.5.